The van der Waals surface area contributed by atoms with Crippen LogP contribution in [0.2, 0.25) is 0 Å². The summed E-state index contributed by atoms with van der Waals surface area (Å²) in [5.41, 5.74) is 1.18. The van der Waals surface area contributed by atoms with Crippen LogP contribution in [-0.4, -0.2) is 42.7 Å². The fourth-order valence-corrected chi connectivity index (χ4v) is 1.51. The van der Waals surface area contributed by atoms with E-state index in [1.807, 2.05) is 31.2 Å². The Morgan fingerprint density at radius 3 is 2.61 bits per heavy atom. The Kier molecular flexibility index (Phi) is 6.22. The number of carbonyl (C=O) groups is 1. The van der Waals surface area contributed by atoms with Crippen LogP contribution in [-0.2, 0) is 4.79 Å². The van der Waals surface area contributed by atoms with Gasteiger partial charge in [0, 0.05) is 20.2 Å². The van der Waals surface area contributed by atoms with Gasteiger partial charge in [-0.15, -0.1) is 0 Å². The number of carbonyl (C=O) groups excluding carboxylic acids is 1. The van der Waals surface area contributed by atoms with E-state index in [2.05, 4.69) is 0 Å². The minimum atomic E-state index is 0.0376. The van der Waals surface area contributed by atoms with Crippen molar-refractivity contribution in [2.24, 2.45) is 0 Å². The van der Waals surface area contributed by atoms with Gasteiger partial charge < -0.3 is 14.7 Å². The minimum Gasteiger partial charge on any atom is -0.493 e. The van der Waals surface area contributed by atoms with Crippen LogP contribution in [0.25, 0.3) is 0 Å². The summed E-state index contributed by atoms with van der Waals surface area (Å²) in [5.74, 6) is 0.821. The SMILES string of the molecule is Cc1ccc(OCCC(=O)N(C)CCCO)cc1. The normalized spacial score (nSPS) is 10.2. The zero-order valence-corrected chi connectivity index (χ0v) is 11.1. The second-order valence-corrected chi connectivity index (χ2v) is 4.30. The number of ether oxygens (including phenoxy) is 1. The standard InChI is InChI=1S/C14H21NO3/c1-12-4-6-13(7-5-12)18-11-8-14(17)15(2)9-3-10-16/h4-7,16H,3,8-11H2,1-2H3. The zero-order valence-electron chi connectivity index (χ0n) is 11.1. The van der Waals surface area contributed by atoms with Gasteiger partial charge in [0.15, 0.2) is 0 Å². The molecular formula is C14H21NO3. The van der Waals surface area contributed by atoms with Crippen molar-refractivity contribution in [3.05, 3.63) is 29.8 Å². The first-order valence-corrected chi connectivity index (χ1v) is 6.18. The minimum absolute atomic E-state index is 0.0376. The summed E-state index contributed by atoms with van der Waals surface area (Å²) in [4.78, 5) is 13.3. The Hall–Kier alpha value is -1.55. The summed E-state index contributed by atoms with van der Waals surface area (Å²) in [6.45, 7) is 3.09. The van der Waals surface area contributed by atoms with Crippen molar-refractivity contribution in [3.8, 4) is 5.75 Å². The molecule has 0 bridgehead atoms. The zero-order chi connectivity index (χ0) is 13.4. The van der Waals surface area contributed by atoms with Crippen molar-refractivity contribution in [1.29, 1.82) is 0 Å². The van der Waals surface area contributed by atoms with Gasteiger partial charge in [-0.3, -0.25) is 4.79 Å². The molecule has 100 valence electrons. The van der Waals surface area contributed by atoms with E-state index in [9.17, 15) is 4.79 Å². The van der Waals surface area contributed by atoms with E-state index < -0.39 is 0 Å². The smallest absolute Gasteiger partial charge is 0.225 e. The highest BCUT2D eigenvalue weighted by Gasteiger charge is 2.07. The van der Waals surface area contributed by atoms with Crippen molar-refractivity contribution in [1.82, 2.24) is 4.90 Å². The summed E-state index contributed by atoms with van der Waals surface area (Å²) in [5, 5.41) is 8.68. The largest absolute Gasteiger partial charge is 0.493 e. The van der Waals surface area contributed by atoms with Crippen LogP contribution in [0.5, 0.6) is 5.75 Å². The molecule has 1 N–H and O–H groups in total. The third-order valence-electron chi connectivity index (χ3n) is 2.68. The lowest BCUT2D eigenvalue weighted by Gasteiger charge is -2.16. The third-order valence-corrected chi connectivity index (χ3v) is 2.68. The number of rotatable bonds is 7. The number of hydrogen-bond donors (Lipinski definition) is 1. The predicted octanol–water partition coefficient (Wildman–Crippen LogP) is 1.60. The molecule has 0 aliphatic carbocycles. The molecule has 0 fully saturated rings. The number of aliphatic hydroxyl groups is 1. The Morgan fingerprint density at radius 1 is 1.33 bits per heavy atom. The summed E-state index contributed by atoms with van der Waals surface area (Å²) >= 11 is 0. The molecule has 1 amide bonds. The molecule has 0 atom stereocenters. The van der Waals surface area contributed by atoms with Crippen molar-refractivity contribution in [2.45, 2.75) is 19.8 Å². The Morgan fingerprint density at radius 2 is 2.00 bits per heavy atom. The van der Waals surface area contributed by atoms with Crippen molar-refractivity contribution in [2.75, 3.05) is 26.8 Å². The Labute approximate surface area is 108 Å². The van der Waals surface area contributed by atoms with Crippen LogP contribution in [0.3, 0.4) is 0 Å². The first-order chi connectivity index (χ1) is 8.63. The van der Waals surface area contributed by atoms with Gasteiger partial charge in [-0.1, -0.05) is 17.7 Å². The van der Waals surface area contributed by atoms with E-state index in [-0.39, 0.29) is 12.5 Å². The van der Waals surface area contributed by atoms with Crippen LogP contribution in [0.4, 0.5) is 0 Å². The monoisotopic (exact) mass is 251 g/mol. The molecule has 0 heterocycles. The van der Waals surface area contributed by atoms with Crippen molar-refractivity contribution < 1.29 is 14.6 Å². The quantitative estimate of drug-likeness (QED) is 0.801. The first-order valence-electron chi connectivity index (χ1n) is 6.18. The van der Waals surface area contributed by atoms with Gasteiger partial charge in [0.25, 0.3) is 0 Å². The predicted molar refractivity (Wildman–Crippen MR) is 70.6 cm³/mol. The molecule has 4 heteroatoms. The van der Waals surface area contributed by atoms with E-state index in [4.69, 9.17) is 9.84 Å². The van der Waals surface area contributed by atoms with Gasteiger partial charge in [-0.2, -0.15) is 0 Å². The summed E-state index contributed by atoms with van der Waals surface area (Å²) in [6.07, 6.45) is 0.969. The molecule has 1 rings (SSSR count). The molecule has 1 aromatic carbocycles. The maximum absolute atomic E-state index is 11.7. The lowest BCUT2D eigenvalue weighted by Crippen LogP contribution is -2.29. The maximum atomic E-state index is 11.7. The first kappa shape index (κ1) is 14.5. The molecular weight excluding hydrogens is 230 g/mol. The molecule has 0 aromatic heterocycles. The lowest BCUT2D eigenvalue weighted by molar-refractivity contribution is -0.130. The highest BCUT2D eigenvalue weighted by atomic mass is 16.5. The van der Waals surface area contributed by atoms with Crippen LogP contribution in [0.1, 0.15) is 18.4 Å². The topological polar surface area (TPSA) is 49.8 Å². The van der Waals surface area contributed by atoms with Crippen molar-refractivity contribution in [3.63, 3.8) is 0 Å². The number of aryl methyl sites for hydroxylation is 1. The molecule has 0 spiro atoms. The highest BCUT2D eigenvalue weighted by molar-refractivity contribution is 5.75. The summed E-state index contributed by atoms with van der Waals surface area (Å²) in [6, 6.07) is 7.75. The lowest BCUT2D eigenvalue weighted by atomic mass is 10.2. The molecule has 18 heavy (non-hydrogen) atoms. The van der Waals surface area contributed by atoms with Crippen LogP contribution >= 0.6 is 0 Å². The fraction of sp³-hybridized carbons (Fsp3) is 0.500. The van der Waals surface area contributed by atoms with E-state index in [1.165, 1.54) is 5.56 Å². The van der Waals surface area contributed by atoms with Crippen LogP contribution in [0.15, 0.2) is 24.3 Å². The summed E-state index contributed by atoms with van der Waals surface area (Å²) < 4.78 is 5.49. The van der Waals surface area contributed by atoms with Gasteiger partial charge >= 0.3 is 0 Å². The molecule has 0 unspecified atom stereocenters. The van der Waals surface area contributed by atoms with Gasteiger partial charge in [-0.25, -0.2) is 0 Å². The van der Waals surface area contributed by atoms with Gasteiger partial charge in [0.2, 0.25) is 5.91 Å². The number of hydrogen-bond acceptors (Lipinski definition) is 3. The number of aliphatic hydroxyl groups excluding tert-OH is 1. The second kappa shape index (κ2) is 7.71. The maximum Gasteiger partial charge on any atom is 0.225 e. The molecule has 4 nitrogen and oxygen atoms in total. The molecule has 0 aliphatic heterocycles. The molecule has 0 aliphatic rings. The Bertz CT molecular complexity index is 362. The Balaban J connectivity index is 2.24. The average molecular weight is 251 g/mol. The molecule has 0 saturated heterocycles. The molecule has 0 saturated carbocycles. The number of benzene rings is 1. The van der Waals surface area contributed by atoms with E-state index >= 15 is 0 Å². The van der Waals surface area contributed by atoms with Crippen molar-refractivity contribution >= 4 is 5.91 Å². The third kappa shape index (κ3) is 5.19. The fourth-order valence-electron chi connectivity index (χ4n) is 1.51. The number of amides is 1. The second-order valence-electron chi connectivity index (χ2n) is 4.30. The van der Waals surface area contributed by atoms with E-state index in [1.54, 1.807) is 11.9 Å². The highest BCUT2D eigenvalue weighted by Crippen LogP contribution is 2.11. The van der Waals surface area contributed by atoms with Gasteiger partial charge in [-0.05, 0) is 25.5 Å². The number of nitrogens with zero attached hydrogens (tertiary/aromatic N) is 1. The van der Waals surface area contributed by atoms with E-state index in [0.29, 0.717) is 26.0 Å². The van der Waals surface area contributed by atoms with E-state index in [0.717, 1.165) is 5.75 Å². The van der Waals surface area contributed by atoms with Gasteiger partial charge in [0.1, 0.15) is 5.75 Å². The van der Waals surface area contributed by atoms with Crippen LogP contribution < -0.4 is 4.74 Å². The average Bonchev–Trinajstić information content (AvgIpc) is 2.38. The van der Waals surface area contributed by atoms with Crippen LogP contribution in [0, 0.1) is 6.92 Å². The molecule has 0 radical (unpaired) electrons. The molecule has 1 aromatic rings. The summed E-state index contributed by atoms with van der Waals surface area (Å²) in [7, 11) is 1.74. The van der Waals surface area contributed by atoms with Gasteiger partial charge in [0.05, 0.1) is 13.0 Å².